The van der Waals surface area contributed by atoms with Crippen LogP contribution in [-0.4, -0.2) is 79.9 Å². The number of carbonyl (C=O) groups excluding carboxylic acids is 5. The quantitative estimate of drug-likeness (QED) is 0.0822. The fourth-order valence-electron chi connectivity index (χ4n) is 26.5. The van der Waals surface area contributed by atoms with Crippen LogP contribution in [0.4, 0.5) is 13.2 Å². The molecule has 0 fully saturated rings. The molecule has 0 amide bonds. The number of H-pyrrole nitrogens is 5. The molecule has 0 radical (unpaired) electrons. The van der Waals surface area contributed by atoms with Gasteiger partial charge in [-0.25, -0.2) is 0 Å². The summed E-state index contributed by atoms with van der Waals surface area (Å²) < 4.78 is 40.2. The Morgan fingerprint density at radius 1 is 0.277 bits per heavy atom. The SMILES string of the molecule is CCC1(c2cccc(C(C)(C)C)c2)C2=C(Cc3[nH]ncc31)CC(C)(C)CC2=O.CCCC1(c2ccccc2)C2=C(Cc3[nH]ncc31)CC(C)(C)CC2=O.CC[C@@]1(c2cccc(C(C)(C)C)c2)C2=C(Cc3[nH]ncc31)CC(C)(C)CC2=O.CC[C@]1(c2cccc(C(C)(C)C)c2)C2=C(Cc3[nH]ncc31)CC(C)(C)CC2=O.CC[C@]1(c2cccc(C(F)(F)F)c2)C2=C(Cc3[nH]ncc31)CC(C)(C)CC2=O. The van der Waals surface area contributed by atoms with E-state index in [2.05, 4.69) is 307 Å². The maximum Gasteiger partial charge on any atom is 0.416 e. The van der Waals surface area contributed by atoms with Crippen LogP contribution in [0.1, 0.15) is 375 Å². The van der Waals surface area contributed by atoms with Crippen molar-refractivity contribution in [3.05, 3.63) is 320 Å². The summed E-state index contributed by atoms with van der Waals surface area (Å²) in [5.74, 6) is 1.33. The lowest BCUT2D eigenvalue weighted by Gasteiger charge is -2.45. The summed E-state index contributed by atoms with van der Waals surface area (Å²) in [7, 11) is 0. The average molecular weight is 1850 g/mol. The number of hydrogen-bond donors (Lipinski definition) is 5. The molecule has 0 saturated carbocycles. The Bertz CT molecular complexity index is 5920. The smallest absolute Gasteiger partial charge is 0.294 e. The number of aromatic amines is 5. The van der Waals surface area contributed by atoms with Gasteiger partial charge in [0, 0.05) is 148 Å². The maximum atomic E-state index is 13.5. The molecule has 5 heterocycles. The van der Waals surface area contributed by atoms with Crippen molar-refractivity contribution in [2.24, 2.45) is 27.1 Å². The average Bonchev–Trinajstić information content (AvgIpc) is 1.73. The van der Waals surface area contributed by atoms with Crippen LogP contribution in [0.15, 0.2) is 214 Å². The van der Waals surface area contributed by atoms with Gasteiger partial charge in [-0.15, -0.1) is 0 Å². The number of carbonyl (C=O) groups is 5. The molecule has 137 heavy (non-hydrogen) atoms. The Labute approximate surface area is 810 Å². The number of fused-ring (bicyclic) bond motifs is 5. The van der Waals surface area contributed by atoms with E-state index in [1.165, 1.54) is 118 Å². The third kappa shape index (κ3) is 17.7. The van der Waals surface area contributed by atoms with E-state index < -0.39 is 33.4 Å². The second-order valence-corrected chi connectivity index (χ2v) is 48.4. The molecule has 722 valence electrons. The van der Waals surface area contributed by atoms with E-state index in [9.17, 15) is 37.1 Å². The highest BCUT2D eigenvalue weighted by Crippen LogP contribution is 2.61. The van der Waals surface area contributed by atoms with Crippen LogP contribution in [0.3, 0.4) is 0 Å². The van der Waals surface area contributed by atoms with Crippen LogP contribution in [0, 0.1) is 27.1 Å². The Hall–Kier alpha value is -11.0. The lowest BCUT2D eigenvalue weighted by Crippen LogP contribution is -2.42. The summed E-state index contributed by atoms with van der Waals surface area (Å²) in [6.45, 7) is 52.8. The van der Waals surface area contributed by atoms with Crippen LogP contribution in [-0.2, 0) is 106 Å². The van der Waals surface area contributed by atoms with Gasteiger partial charge in [-0.05, 0) is 158 Å². The molecule has 10 aliphatic carbocycles. The molecule has 5 N–H and O–H groups in total. The highest BCUT2D eigenvalue weighted by atomic mass is 19.4. The molecule has 15 nitrogen and oxygen atoms in total. The molecule has 10 aliphatic rings. The molecule has 0 aliphatic heterocycles. The second-order valence-electron chi connectivity index (χ2n) is 48.4. The molecular formula is C119H145F3N10O5. The summed E-state index contributed by atoms with van der Waals surface area (Å²) in [6, 6.07) is 42.6. The number of rotatable bonds is 11. The lowest BCUT2D eigenvalue weighted by atomic mass is 9.56. The standard InChI is InChI=1S/3C25H32N2O.C22H23F3N2O.C22H26N2O/c3*1-7-25(18-10-8-9-17(12-18)23(2,3)4)19-15-26-27-20(19)11-16-13-24(5,6)14-21(28)22(16)25;1-4-21(14-6-5-7-15(9-14)22(23,24)25)16-12-26-27-17(16)8-13-10-20(2,3)11-18(28)19(13)21;1-4-10-22(16-8-6-5-7-9-16)17-14-23-24-18(17)11-15-12-21(2,3)13-19(25)20(15)22/h3*8-10,12,15H,7,11,13-14H2,1-6H3,(H,26,27);5-7,9,12H,4,8,10-11H2,1-3H3,(H,26,27);5-9,14H,4,10-13H2,1-3H3,(H,23,24)/t2*25-;;21-;/m10.1./s1. The van der Waals surface area contributed by atoms with E-state index in [1.807, 2.05) is 37.8 Å². The van der Waals surface area contributed by atoms with Gasteiger partial charge in [-0.1, -0.05) is 322 Å². The number of Topliss-reactive ketones (excluding diaryl/α,β-unsaturated/α-hetero) is 5. The zero-order valence-electron chi connectivity index (χ0n) is 85.8. The Morgan fingerprint density at radius 2 is 0.489 bits per heavy atom. The van der Waals surface area contributed by atoms with E-state index in [4.69, 9.17) is 0 Å². The highest BCUT2D eigenvalue weighted by Gasteiger charge is 2.57. The molecule has 0 spiro atoms. The van der Waals surface area contributed by atoms with Crippen molar-refractivity contribution in [1.82, 2.24) is 51.0 Å². The van der Waals surface area contributed by atoms with Crippen molar-refractivity contribution in [2.75, 3.05) is 0 Å². The largest absolute Gasteiger partial charge is 0.416 e. The Balaban J connectivity index is 0.000000124. The van der Waals surface area contributed by atoms with Gasteiger partial charge in [-0.2, -0.15) is 38.7 Å². The predicted octanol–water partition coefficient (Wildman–Crippen LogP) is 27.0. The van der Waals surface area contributed by atoms with Gasteiger partial charge in [0.25, 0.3) is 0 Å². The lowest BCUT2D eigenvalue weighted by molar-refractivity contribution is -0.137. The topological polar surface area (TPSA) is 229 Å². The van der Waals surface area contributed by atoms with E-state index in [0.717, 1.165) is 135 Å². The van der Waals surface area contributed by atoms with E-state index in [-0.39, 0.29) is 54.5 Å². The molecule has 20 rings (SSSR count). The number of nitrogens with zero attached hydrogens (tertiary/aromatic N) is 5. The number of ketones is 5. The molecule has 18 heteroatoms. The highest BCUT2D eigenvalue weighted by molar-refractivity contribution is 6.05. The van der Waals surface area contributed by atoms with Crippen molar-refractivity contribution in [3.63, 3.8) is 0 Å². The first kappa shape index (κ1) is 99.0. The minimum Gasteiger partial charge on any atom is -0.294 e. The van der Waals surface area contributed by atoms with Crippen LogP contribution >= 0.6 is 0 Å². The fraction of sp³-hybridized carbons (Fsp3) is 0.496. The van der Waals surface area contributed by atoms with Crippen molar-refractivity contribution < 1.29 is 37.1 Å². The van der Waals surface area contributed by atoms with Gasteiger partial charge in [0.2, 0.25) is 0 Å². The summed E-state index contributed by atoms with van der Waals surface area (Å²) >= 11 is 0. The third-order valence-electron chi connectivity index (χ3n) is 32.2. The molecule has 5 atom stereocenters. The molecule has 5 aromatic carbocycles. The fourth-order valence-corrected chi connectivity index (χ4v) is 26.5. The van der Waals surface area contributed by atoms with Gasteiger partial charge in [0.05, 0.1) is 63.6 Å². The number of halogens is 3. The monoisotopic (exact) mass is 1850 g/mol. The van der Waals surface area contributed by atoms with Gasteiger partial charge in [-0.3, -0.25) is 49.5 Å². The van der Waals surface area contributed by atoms with Crippen LogP contribution in [0.25, 0.3) is 0 Å². The number of allylic oxidation sites excluding steroid dienone is 10. The molecule has 5 aromatic heterocycles. The second kappa shape index (κ2) is 35.7. The van der Waals surface area contributed by atoms with Gasteiger partial charge >= 0.3 is 6.18 Å². The number of hydrogen-bond acceptors (Lipinski definition) is 10. The minimum atomic E-state index is -4.44. The number of aromatic nitrogens is 10. The van der Waals surface area contributed by atoms with Crippen LogP contribution < -0.4 is 0 Å². The normalized spacial score (nSPS) is 24.3. The first-order chi connectivity index (χ1) is 64.3. The molecular weight excluding hydrogens is 1710 g/mol. The summed E-state index contributed by atoms with van der Waals surface area (Å²) in [5, 5.41) is 37.7. The van der Waals surface area contributed by atoms with E-state index >= 15 is 0 Å². The van der Waals surface area contributed by atoms with Crippen molar-refractivity contribution >= 4 is 28.9 Å². The van der Waals surface area contributed by atoms with E-state index in [1.54, 1.807) is 12.3 Å². The molecule has 10 aromatic rings. The zero-order chi connectivity index (χ0) is 98.9. The first-order valence-corrected chi connectivity index (χ1v) is 50.3. The van der Waals surface area contributed by atoms with Gasteiger partial charge < -0.3 is 0 Å². The third-order valence-corrected chi connectivity index (χ3v) is 32.2. The van der Waals surface area contributed by atoms with Crippen LogP contribution in [0.2, 0.25) is 0 Å². The zero-order valence-corrected chi connectivity index (χ0v) is 85.8. The first-order valence-electron chi connectivity index (χ1n) is 50.3. The summed E-state index contributed by atoms with van der Waals surface area (Å²) in [6.07, 6.45) is 21.6. The van der Waals surface area contributed by atoms with Crippen molar-refractivity contribution in [3.8, 4) is 0 Å². The van der Waals surface area contributed by atoms with Gasteiger partial charge in [0.15, 0.2) is 28.9 Å². The summed E-state index contributed by atoms with van der Waals surface area (Å²) in [5.41, 5.74) is 28.7. The predicted molar refractivity (Wildman–Crippen MR) is 540 cm³/mol. The van der Waals surface area contributed by atoms with E-state index in [0.29, 0.717) is 79.2 Å². The molecule has 2 unspecified atom stereocenters. The number of alkyl halides is 3. The molecule has 0 bridgehead atoms. The Morgan fingerprint density at radius 3 is 0.708 bits per heavy atom. The maximum absolute atomic E-state index is 13.5. The van der Waals surface area contributed by atoms with Crippen LogP contribution in [0.5, 0.6) is 0 Å². The van der Waals surface area contributed by atoms with Crippen molar-refractivity contribution in [2.45, 2.75) is 351 Å². The number of nitrogens with one attached hydrogen (secondary N) is 5. The Kier molecular flexibility index (Phi) is 25.8. The minimum absolute atomic E-state index is 0.0280. The van der Waals surface area contributed by atoms with Gasteiger partial charge in [0.1, 0.15) is 0 Å². The summed E-state index contributed by atoms with van der Waals surface area (Å²) in [4.78, 5) is 67.2. The number of benzene rings is 5. The van der Waals surface area contributed by atoms with Crippen molar-refractivity contribution in [1.29, 1.82) is 0 Å². The molecule has 0 saturated heterocycles.